The van der Waals surface area contributed by atoms with Gasteiger partial charge in [0, 0.05) is 5.56 Å². The van der Waals surface area contributed by atoms with Crippen molar-refractivity contribution >= 4 is 42.4 Å². The van der Waals surface area contributed by atoms with Crippen LogP contribution in [0.4, 0.5) is 0 Å². The number of hydrogen-bond acceptors (Lipinski definition) is 2. The van der Waals surface area contributed by atoms with Crippen LogP contribution >= 0.6 is 0 Å². The van der Waals surface area contributed by atoms with E-state index in [1.807, 2.05) is 36.4 Å². The van der Waals surface area contributed by atoms with Gasteiger partial charge in [-0.25, -0.2) is 0 Å². The fraction of sp³-hybridized carbons (Fsp3) is 0.143. The molecule has 0 spiro atoms. The molecule has 0 aromatic heterocycles. The van der Waals surface area contributed by atoms with Gasteiger partial charge in [0.05, 0.1) is 0 Å². The molecule has 0 radical (unpaired) electrons. The summed E-state index contributed by atoms with van der Waals surface area (Å²) in [6.07, 6.45) is 4.78. The molecule has 0 fully saturated rings. The minimum Gasteiger partial charge on any atom is -0.282 e. The standard InChI is InChI=1S/C28H22O3S/c29-32(30,31)27-16-12-19-6-2-4-8-24(19)28(27)21-11-13-23-20(17-21)10-15-25-22-7-3-1-5-18(22)9-14-26(23)25/h2,4,6,8-17H,1,3,5,7H2,(H,29,30,31). The number of benzene rings is 5. The van der Waals surface area contributed by atoms with Gasteiger partial charge in [-0.3, -0.25) is 4.55 Å². The second-order valence-corrected chi connectivity index (χ2v) is 10.0. The van der Waals surface area contributed by atoms with Crippen LogP contribution in [0, 0.1) is 0 Å². The normalized spacial score (nSPS) is 14.2. The summed E-state index contributed by atoms with van der Waals surface area (Å²) in [5.41, 5.74) is 4.26. The van der Waals surface area contributed by atoms with Gasteiger partial charge in [0.2, 0.25) is 0 Å². The lowest BCUT2D eigenvalue weighted by Gasteiger charge is -2.19. The molecule has 4 heteroatoms. The van der Waals surface area contributed by atoms with Crippen LogP contribution in [0.15, 0.2) is 83.8 Å². The Hall–Kier alpha value is -3.21. The lowest BCUT2D eigenvalue weighted by molar-refractivity contribution is 0.483. The van der Waals surface area contributed by atoms with Gasteiger partial charge in [-0.2, -0.15) is 8.42 Å². The molecular formula is C28H22O3S. The van der Waals surface area contributed by atoms with Crippen molar-refractivity contribution in [1.82, 2.24) is 0 Å². The average molecular weight is 439 g/mol. The fourth-order valence-electron chi connectivity index (χ4n) is 5.32. The Kier molecular flexibility index (Phi) is 4.36. The molecule has 1 aliphatic rings. The monoisotopic (exact) mass is 438 g/mol. The van der Waals surface area contributed by atoms with Gasteiger partial charge >= 0.3 is 0 Å². The number of aryl methyl sites for hydroxylation is 2. The summed E-state index contributed by atoms with van der Waals surface area (Å²) in [6, 6.07) is 25.8. The molecule has 0 saturated carbocycles. The van der Waals surface area contributed by atoms with Crippen molar-refractivity contribution in [3.8, 4) is 11.1 Å². The van der Waals surface area contributed by atoms with Crippen molar-refractivity contribution in [2.24, 2.45) is 0 Å². The molecule has 0 aliphatic heterocycles. The average Bonchev–Trinajstić information content (AvgIpc) is 2.82. The van der Waals surface area contributed by atoms with Crippen molar-refractivity contribution in [3.63, 3.8) is 0 Å². The van der Waals surface area contributed by atoms with E-state index in [9.17, 15) is 13.0 Å². The molecule has 5 aromatic carbocycles. The van der Waals surface area contributed by atoms with Gasteiger partial charge in [-0.1, -0.05) is 66.7 Å². The molecule has 6 rings (SSSR count). The fourth-order valence-corrected chi connectivity index (χ4v) is 6.05. The third kappa shape index (κ3) is 3.02. The lowest BCUT2D eigenvalue weighted by atomic mass is 9.86. The van der Waals surface area contributed by atoms with E-state index in [-0.39, 0.29) is 4.90 Å². The molecular weight excluding hydrogens is 416 g/mol. The van der Waals surface area contributed by atoms with E-state index in [1.54, 1.807) is 6.07 Å². The van der Waals surface area contributed by atoms with Gasteiger partial charge in [0.1, 0.15) is 4.90 Å². The van der Waals surface area contributed by atoms with Crippen molar-refractivity contribution < 1.29 is 13.0 Å². The summed E-state index contributed by atoms with van der Waals surface area (Å²) >= 11 is 0. The van der Waals surface area contributed by atoms with Crippen molar-refractivity contribution in [3.05, 3.63) is 90.0 Å². The van der Waals surface area contributed by atoms with Gasteiger partial charge in [-0.15, -0.1) is 0 Å². The highest BCUT2D eigenvalue weighted by molar-refractivity contribution is 7.86. The highest BCUT2D eigenvalue weighted by Gasteiger charge is 2.20. The topological polar surface area (TPSA) is 54.4 Å². The van der Waals surface area contributed by atoms with Gasteiger partial charge in [0.15, 0.2) is 0 Å². The van der Waals surface area contributed by atoms with Crippen molar-refractivity contribution in [2.45, 2.75) is 30.6 Å². The van der Waals surface area contributed by atoms with Crippen LogP contribution in [0.2, 0.25) is 0 Å². The lowest BCUT2D eigenvalue weighted by Crippen LogP contribution is -2.03. The predicted octanol–water partition coefficient (Wildman–Crippen LogP) is 6.94. The van der Waals surface area contributed by atoms with E-state index in [0.717, 1.165) is 39.9 Å². The highest BCUT2D eigenvalue weighted by atomic mass is 32.2. The summed E-state index contributed by atoms with van der Waals surface area (Å²) in [4.78, 5) is -0.0644. The van der Waals surface area contributed by atoms with Crippen LogP contribution < -0.4 is 0 Å². The first-order chi connectivity index (χ1) is 15.5. The summed E-state index contributed by atoms with van der Waals surface area (Å²) in [5, 5.41) is 6.51. The molecule has 0 heterocycles. The maximum atomic E-state index is 12.2. The molecule has 1 N–H and O–H groups in total. The van der Waals surface area contributed by atoms with Gasteiger partial charge < -0.3 is 0 Å². The molecule has 5 aromatic rings. The number of hydrogen-bond donors (Lipinski definition) is 1. The van der Waals surface area contributed by atoms with Crippen molar-refractivity contribution in [1.29, 1.82) is 0 Å². The Labute approximate surface area is 187 Å². The third-order valence-electron chi connectivity index (χ3n) is 6.81. The van der Waals surface area contributed by atoms with Crippen LogP contribution in [0.5, 0.6) is 0 Å². The largest absolute Gasteiger partial charge is 0.295 e. The minimum absolute atomic E-state index is 0.0644. The third-order valence-corrected chi connectivity index (χ3v) is 7.70. The quantitative estimate of drug-likeness (QED) is 0.240. The number of fused-ring (bicyclic) bond motifs is 6. The van der Waals surface area contributed by atoms with E-state index in [1.165, 1.54) is 40.8 Å². The Bertz CT molecular complexity index is 1650. The first-order valence-electron chi connectivity index (χ1n) is 11.0. The van der Waals surface area contributed by atoms with E-state index in [0.29, 0.717) is 5.56 Å². The van der Waals surface area contributed by atoms with Crippen LogP contribution in [-0.4, -0.2) is 13.0 Å². The molecule has 0 bridgehead atoms. The summed E-state index contributed by atoms with van der Waals surface area (Å²) in [5.74, 6) is 0. The minimum atomic E-state index is -4.37. The summed E-state index contributed by atoms with van der Waals surface area (Å²) in [6.45, 7) is 0. The second-order valence-electron chi connectivity index (χ2n) is 8.64. The van der Waals surface area contributed by atoms with Crippen LogP contribution in [0.25, 0.3) is 43.4 Å². The molecule has 0 amide bonds. The first-order valence-corrected chi connectivity index (χ1v) is 12.4. The van der Waals surface area contributed by atoms with Gasteiger partial charge in [-0.05, 0) is 86.8 Å². The maximum Gasteiger partial charge on any atom is 0.295 e. The first kappa shape index (κ1) is 19.5. The molecule has 3 nitrogen and oxygen atoms in total. The Morgan fingerprint density at radius 1 is 0.656 bits per heavy atom. The predicted molar refractivity (Wildman–Crippen MR) is 131 cm³/mol. The smallest absolute Gasteiger partial charge is 0.282 e. The van der Waals surface area contributed by atoms with Crippen LogP contribution in [-0.2, 0) is 23.0 Å². The van der Waals surface area contributed by atoms with E-state index >= 15 is 0 Å². The van der Waals surface area contributed by atoms with E-state index < -0.39 is 10.1 Å². The highest BCUT2D eigenvalue weighted by Crippen LogP contribution is 2.38. The zero-order valence-corrected chi connectivity index (χ0v) is 18.3. The van der Waals surface area contributed by atoms with Crippen molar-refractivity contribution in [2.75, 3.05) is 0 Å². The maximum absolute atomic E-state index is 12.2. The van der Waals surface area contributed by atoms with E-state index in [2.05, 4.69) is 30.3 Å². The Morgan fingerprint density at radius 2 is 1.41 bits per heavy atom. The van der Waals surface area contributed by atoms with Crippen LogP contribution in [0.1, 0.15) is 24.0 Å². The molecule has 1 aliphatic carbocycles. The van der Waals surface area contributed by atoms with E-state index in [4.69, 9.17) is 0 Å². The molecule has 0 saturated heterocycles. The zero-order chi connectivity index (χ0) is 21.9. The molecule has 0 atom stereocenters. The summed E-state index contributed by atoms with van der Waals surface area (Å²) < 4.78 is 34.3. The molecule has 158 valence electrons. The summed E-state index contributed by atoms with van der Waals surface area (Å²) in [7, 11) is -4.37. The second kappa shape index (κ2) is 7.16. The SMILES string of the molecule is O=S(=O)(O)c1ccc2ccccc2c1-c1ccc2c(ccc3c4c(ccc32)CCCC4)c1. The number of rotatable bonds is 2. The Balaban J connectivity index is 1.63. The molecule has 0 unspecified atom stereocenters. The zero-order valence-electron chi connectivity index (χ0n) is 17.5. The van der Waals surface area contributed by atoms with Crippen LogP contribution in [0.3, 0.4) is 0 Å². The Morgan fingerprint density at radius 3 is 2.28 bits per heavy atom. The molecule has 32 heavy (non-hydrogen) atoms. The van der Waals surface area contributed by atoms with Gasteiger partial charge in [0.25, 0.3) is 10.1 Å².